The van der Waals surface area contributed by atoms with Crippen molar-refractivity contribution < 1.29 is 24.6 Å². The van der Waals surface area contributed by atoms with Gasteiger partial charge in [0.2, 0.25) is 0 Å². The van der Waals surface area contributed by atoms with Gasteiger partial charge < -0.3 is 14.7 Å². The average molecular weight is 289 g/mol. The van der Waals surface area contributed by atoms with Crippen molar-refractivity contribution in [3.05, 3.63) is 69.8 Å². The third-order valence-electron chi connectivity index (χ3n) is 2.55. The number of phenols is 1. The fourth-order valence-electron chi connectivity index (χ4n) is 1.59. The van der Waals surface area contributed by atoms with Crippen LogP contribution >= 0.6 is 0 Å². The van der Waals surface area contributed by atoms with Crippen molar-refractivity contribution in [1.29, 1.82) is 0 Å². The minimum absolute atomic E-state index is 0.0467. The number of hydrogen-bond donors (Lipinski definition) is 1. The zero-order valence-corrected chi connectivity index (χ0v) is 10.8. The van der Waals surface area contributed by atoms with Gasteiger partial charge in [-0.3, -0.25) is 0 Å². The van der Waals surface area contributed by atoms with Gasteiger partial charge in [0.05, 0.1) is 5.56 Å². The lowest BCUT2D eigenvalue weighted by atomic mass is 10.2. The molecule has 0 saturated carbocycles. The summed E-state index contributed by atoms with van der Waals surface area (Å²) in [4.78, 5) is 26.2. The van der Waals surface area contributed by atoms with Crippen molar-refractivity contribution in [2.24, 2.45) is 0 Å². The van der Waals surface area contributed by atoms with Gasteiger partial charge in [-0.05, 0) is 42.0 Å². The molecule has 0 aliphatic rings. The van der Waals surface area contributed by atoms with E-state index < -0.39 is 11.1 Å². The van der Waals surface area contributed by atoms with Gasteiger partial charge in [-0.25, -0.2) is 4.79 Å². The maximum absolute atomic E-state index is 11.9. The Bertz CT molecular complexity index is 653. The number of aromatic hydroxyl groups is 1. The Kier molecular flexibility index (Phi) is 4.35. The molecule has 0 atom stereocenters. The summed E-state index contributed by atoms with van der Waals surface area (Å²) in [6.45, 7) is -0.225. The number of rotatable bonds is 5. The summed E-state index contributed by atoms with van der Waals surface area (Å²) >= 11 is 0. The quantitative estimate of drug-likeness (QED) is 0.392. The number of hydrogen-bond acceptors (Lipinski definition) is 6. The molecule has 2 aromatic carbocycles. The number of esters is 1. The van der Waals surface area contributed by atoms with Gasteiger partial charge in [-0.2, -0.15) is 0 Å². The van der Waals surface area contributed by atoms with Gasteiger partial charge in [0, 0.05) is 0 Å². The maximum Gasteiger partial charge on any atom is 0.343 e. The molecule has 2 aromatic rings. The lowest BCUT2D eigenvalue weighted by Crippen LogP contribution is -2.08. The summed E-state index contributed by atoms with van der Waals surface area (Å²) in [6, 6.07) is 11.8. The van der Waals surface area contributed by atoms with Crippen LogP contribution in [-0.4, -0.2) is 16.2 Å². The lowest BCUT2D eigenvalue weighted by Gasteiger charge is -2.06. The van der Waals surface area contributed by atoms with Gasteiger partial charge >= 0.3 is 5.97 Å². The highest BCUT2D eigenvalue weighted by Gasteiger charge is 2.09. The van der Waals surface area contributed by atoms with E-state index in [4.69, 9.17) is 9.84 Å². The second-order valence-corrected chi connectivity index (χ2v) is 4.08. The van der Waals surface area contributed by atoms with Crippen LogP contribution < -0.4 is 4.74 Å². The molecule has 21 heavy (non-hydrogen) atoms. The Hall–Kier alpha value is -3.09. The van der Waals surface area contributed by atoms with E-state index in [-0.39, 0.29) is 23.7 Å². The first-order valence-electron chi connectivity index (χ1n) is 5.92. The number of nitrogens with zero attached hydrogens (tertiary/aromatic N) is 1. The molecule has 108 valence electrons. The molecule has 2 rings (SSSR count). The number of carbonyl (C=O) groups is 1. The van der Waals surface area contributed by atoms with Crippen molar-refractivity contribution in [3.8, 4) is 11.5 Å². The normalized spacial score (nSPS) is 9.90. The van der Waals surface area contributed by atoms with Crippen LogP contribution in [0, 0.1) is 10.1 Å². The SMILES string of the molecule is O=C(Oc1cccc(CO[N+](=O)[O-])c1)c1ccc(O)cc1. The minimum Gasteiger partial charge on any atom is -0.508 e. The molecule has 0 fully saturated rings. The molecule has 0 radical (unpaired) electrons. The summed E-state index contributed by atoms with van der Waals surface area (Å²) in [5, 5.41) is 18.4. The van der Waals surface area contributed by atoms with Crippen LogP contribution in [0.1, 0.15) is 15.9 Å². The second kappa shape index (κ2) is 6.38. The van der Waals surface area contributed by atoms with Crippen LogP contribution in [0.2, 0.25) is 0 Å². The van der Waals surface area contributed by atoms with Crippen molar-refractivity contribution in [1.82, 2.24) is 0 Å². The summed E-state index contributed by atoms with van der Waals surface area (Å²) in [5.41, 5.74) is 0.780. The summed E-state index contributed by atoms with van der Waals surface area (Å²) < 4.78 is 5.14. The van der Waals surface area contributed by atoms with E-state index in [1.807, 2.05) is 0 Å². The van der Waals surface area contributed by atoms with Gasteiger partial charge in [-0.1, -0.05) is 12.1 Å². The first-order valence-corrected chi connectivity index (χ1v) is 5.92. The summed E-state index contributed by atoms with van der Waals surface area (Å²) in [5.74, 6) is -0.301. The van der Waals surface area contributed by atoms with Crippen LogP contribution in [0.3, 0.4) is 0 Å². The second-order valence-electron chi connectivity index (χ2n) is 4.08. The molecular formula is C14H11NO6. The molecule has 7 nitrogen and oxygen atoms in total. The van der Waals surface area contributed by atoms with E-state index in [2.05, 4.69) is 4.84 Å². The minimum atomic E-state index is -0.894. The molecule has 0 bridgehead atoms. The van der Waals surface area contributed by atoms with Crippen molar-refractivity contribution in [3.63, 3.8) is 0 Å². The number of carbonyl (C=O) groups excluding carboxylic acids is 1. The molecule has 0 heterocycles. The van der Waals surface area contributed by atoms with Crippen LogP contribution in [-0.2, 0) is 11.4 Å². The summed E-state index contributed by atoms with van der Waals surface area (Å²) in [7, 11) is 0. The van der Waals surface area contributed by atoms with E-state index in [9.17, 15) is 14.9 Å². The van der Waals surface area contributed by atoms with Gasteiger partial charge in [0.15, 0.2) is 0 Å². The fourth-order valence-corrected chi connectivity index (χ4v) is 1.59. The zero-order chi connectivity index (χ0) is 15.2. The smallest absolute Gasteiger partial charge is 0.343 e. The van der Waals surface area contributed by atoms with E-state index >= 15 is 0 Å². The molecule has 0 amide bonds. The largest absolute Gasteiger partial charge is 0.508 e. The van der Waals surface area contributed by atoms with Crippen molar-refractivity contribution in [2.75, 3.05) is 0 Å². The predicted octanol–water partition coefficient (Wildman–Crippen LogP) is 2.32. The Labute approximate surface area is 119 Å². The van der Waals surface area contributed by atoms with Crippen molar-refractivity contribution >= 4 is 5.97 Å². The molecule has 7 heteroatoms. The Morgan fingerprint density at radius 2 is 1.90 bits per heavy atom. The standard InChI is InChI=1S/C14H11NO6/c16-12-6-4-11(5-7-12)14(17)21-13-3-1-2-10(8-13)9-20-15(18)19/h1-8,16H,9H2. The van der Waals surface area contributed by atoms with E-state index in [0.717, 1.165) is 0 Å². The molecule has 0 aliphatic carbocycles. The topological polar surface area (TPSA) is 98.9 Å². The number of ether oxygens (including phenoxy) is 1. The highest BCUT2D eigenvalue weighted by atomic mass is 16.9. The van der Waals surface area contributed by atoms with E-state index in [1.54, 1.807) is 18.2 Å². The predicted molar refractivity (Wildman–Crippen MR) is 71.3 cm³/mol. The molecule has 0 aliphatic heterocycles. The number of benzene rings is 2. The third kappa shape index (κ3) is 4.20. The Balaban J connectivity index is 2.05. The van der Waals surface area contributed by atoms with Crippen molar-refractivity contribution in [2.45, 2.75) is 6.61 Å². The van der Waals surface area contributed by atoms with Gasteiger partial charge in [0.1, 0.15) is 18.1 Å². The van der Waals surface area contributed by atoms with Crippen LogP contribution in [0.15, 0.2) is 48.5 Å². The molecule has 0 aromatic heterocycles. The van der Waals surface area contributed by atoms with E-state index in [0.29, 0.717) is 5.56 Å². The molecule has 0 unspecified atom stereocenters. The van der Waals surface area contributed by atoms with Gasteiger partial charge in [0.25, 0.3) is 5.09 Å². The monoisotopic (exact) mass is 289 g/mol. The third-order valence-corrected chi connectivity index (χ3v) is 2.55. The highest BCUT2D eigenvalue weighted by molar-refractivity contribution is 5.91. The van der Waals surface area contributed by atoms with Crippen LogP contribution in [0.4, 0.5) is 0 Å². The Morgan fingerprint density at radius 3 is 2.57 bits per heavy atom. The molecule has 0 spiro atoms. The zero-order valence-electron chi connectivity index (χ0n) is 10.8. The highest BCUT2D eigenvalue weighted by Crippen LogP contribution is 2.17. The summed E-state index contributed by atoms with van der Waals surface area (Å²) in [6.07, 6.45) is 0. The average Bonchev–Trinajstić information content (AvgIpc) is 2.46. The molecular weight excluding hydrogens is 278 g/mol. The fraction of sp³-hybridized carbons (Fsp3) is 0.0714. The first-order chi connectivity index (χ1) is 10.0. The Morgan fingerprint density at radius 1 is 1.19 bits per heavy atom. The number of phenolic OH excluding ortho intramolecular Hbond substituents is 1. The molecule has 1 N–H and O–H groups in total. The first kappa shape index (κ1) is 14.3. The molecule has 0 saturated heterocycles. The van der Waals surface area contributed by atoms with E-state index in [1.165, 1.54) is 30.3 Å². The van der Waals surface area contributed by atoms with Gasteiger partial charge in [-0.15, -0.1) is 10.1 Å². The van der Waals surface area contributed by atoms with Crippen LogP contribution in [0.25, 0.3) is 0 Å². The van der Waals surface area contributed by atoms with Crippen LogP contribution in [0.5, 0.6) is 11.5 Å². The maximum atomic E-state index is 11.9. The lowest BCUT2D eigenvalue weighted by molar-refractivity contribution is -0.763.